The molecule has 1 aliphatic rings. The fourth-order valence-corrected chi connectivity index (χ4v) is 2.24. The maximum absolute atomic E-state index is 11.9. The number of allylic oxidation sites excluding steroid dienone is 2. The smallest absolute Gasteiger partial charge is 0.136 e. The number of rotatable bonds is 6. The molecule has 0 heterocycles. The second-order valence-corrected chi connectivity index (χ2v) is 4.93. The van der Waals surface area contributed by atoms with Crippen molar-refractivity contribution >= 4 is 5.78 Å². The van der Waals surface area contributed by atoms with E-state index in [4.69, 9.17) is 0 Å². The summed E-state index contributed by atoms with van der Waals surface area (Å²) in [4.78, 5) is 11.9. The van der Waals surface area contributed by atoms with Gasteiger partial charge in [0.1, 0.15) is 5.78 Å². The number of Topliss-reactive ketones (excluding diaryl/α,β-unsaturated/α-hetero) is 1. The molecule has 0 amide bonds. The first kappa shape index (κ1) is 13.8. The normalized spacial score (nSPS) is 15.9. The van der Waals surface area contributed by atoms with Crippen LogP contribution in [0.3, 0.4) is 0 Å². The maximum atomic E-state index is 11.9. The van der Waals surface area contributed by atoms with Crippen molar-refractivity contribution in [3.63, 3.8) is 0 Å². The van der Waals surface area contributed by atoms with Crippen LogP contribution < -0.4 is 0 Å². The molecular weight excluding hydrogens is 236 g/mol. The summed E-state index contributed by atoms with van der Waals surface area (Å²) in [5.41, 5.74) is 2.06. The van der Waals surface area contributed by atoms with Gasteiger partial charge in [0, 0.05) is 12.8 Å². The molecule has 0 saturated heterocycles. The first-order valence-electron chi connectivity index (χ1n) is 6.86. The lowest BCUT2D eigenvalue weighted by Gasteiger charge is -2.13. The molecule has 1 aliphatic carbocycles. The summed E-state index contributed by atoms with van der Waals surface area (Å²) < 4.78 is 0. The van der Waals surface area contributed by atoms with Gasteiger partial charge in [-0.25, -0.2) is 0 Å². The van der Waals surface area contributed by atoms with Crippen molar-refractivity contribution in [2.24, 2.45) is 0 Å². The minimum atomic E-state index is -0.639. The van der Waals surface area contributed by atoms with E-state index in [1.165, 1.54) is 5.56 Å². The average Bonchev–Trinajstić information content (AvgIpc) is 2.47. The predicted molar refractivity (Wildman–Crippen MR) is 76.9 cm³/mol. The highest BCUT2D eigenvalue weighted by molar-refractivity contribution is 5.79. The average molecular weight is 256 g/mol. The molecule has 100 valence electrons. The van der Waals surface area contributed by atoms with E-state index in [2.05, 4.69) is 0 Å². The zero-order valence-corrected chi connectivity index (χ0v) is 11.1. The summed E-state index contributed by atoms with van der Waals surface area (Å²) >= 11 is 0. The van der Waals surface area contributed by atoms with Gasteiger partial charge in [-0.3, -0.25) is 4.79 Å². The van der Waals surface area contributed by atoms with Crippen LogP contribution in [0.25, 0.3) is 0 Å². The van der Waals surface area contributed by atoms with Crippen LogP contribution in [0.1, 0.15) is 31.2 Å². The van der Waals surface area contributed by atoms with Gasteiger partial charge in [-0.15, -0.1) is 0 Å². The molecule has 0 bridgehead atoms. The molecule has 1 N–H and O–H groups in total. The van der Waals surface area contributed by atoms with Gasteiger partial charge in [-0.1, -0.05) is 48.6 Å². The Morgan fingerprint density at radius 1 is 1.21 bits per heavy atom. The highest BCUT2D eigenvalue weighted by Gasteiger charge is 2.14. The summed E-state index contributed by atoms with van der Waals surface area (Å²) in [6.07, 6.45) is 8.82. The fraction of sp³-hybridized carbons (Fsp3) is 0.353. The standard InChI is InChI=1S/C17H20O2/c18-16(12-11-14-7-3-1-4-8-14)13-17(19)15-9-5-2-6-10-15/h1,3-5,7-10,17,19H,2,6,11-13H2. The van der Waals surface area contributed by atoms with Crippen molar-refractivity contribution in [2.75, 3.05) is 0 Å². The fourth-order valence-electron chi connectivity index (χ4n) is 2.24. The summed E-state index contributed by atoms with van der Waals surface area (Å²) in [7, 11) is 0. The summed E-state index contributed by atoms with van der Waals surface area (Å²) in [5, 5.41) is 10.0. The number of carbonyl (C=O) groups is 1. The molecule has 0 radical (unpaired) electrons. The van der Waals surface area contributed by atoms with Crippen LogP contribution in [0.2, 0.25) is 0 Å². The van der Waals surface area contributed by atoms with Crippen LogP contribution in [-0.4, -0.2) is 17.0 Å². The molecule has 0 fully saturated rings. The molecule has 1 aromatic rings. The number of aliphatic hydroxyl groups excluding tert-OH is 1. The molecule has 0 aromatic heterocycles. The molecule has 2 nitrogen and oxygen atoms in total. The lowest BCUT2D eigenvalue weighted by molar-refractivity contribution is -0.120. The Morgan fingerprint density at radius 2 is 2.00 bits per heavy atom. The van der Waals surface area contributed by atoms with E-state index >= 15 is 0 Å². The Labute approximate surface area is 114 Å². The number of carbonyl (C=O) groups excluding carboxylic acids is 1. The van der Waals surface area contributed by atoms with Gasteiger partial charge >= 0.3 is 0 Å². The van der Waals surface area contributed by atoms with Crippen LogP contribution in [0.4, 0.5) is 0 Å². The quantitative estimate of drug-likeness (QED) is 0.848. The first-order chi connectivity index (χ1) is 9.25. The Bertz CT molecular complexity index is 471. The molecule has 1 atom stereocenters. The van der Waals surface area contributed by atoms with Crippen LogP contribution in [0.15, 0.2) is 54.1 Å². The van der Waals surface area contributed by atoms with Crippen LogP contribution >= 0.6 is 0 Å². The first-order valence-corrected chi connectivity index (χ1v) is 6.86. The van der Waals surface area contributed by atoms with Gasteiger partial charge < -0.3 is 5.11 Å². The van der Waals surface area contributed by atoms with Crippen molar-refractivity contribution < 1.29 is 9.90 Å². The zero-order chi connectivity index (χ0) is 13.5. The summed E-state index contributed by atoms with van der Waals surface area (Å²) in [5.74, 6) is 0.122. The second kappa shape index (κ2) is 7.05. The van der Waals surface area contributed by atoms with E-state index in [-0.39, 0.29) is 12.2 Å². The van der Waals surface area contributed by atoms with E-state index in [9.17, 15) is 9.90 Å². The molecule has 0 saturated carbocycles. The lowest BCUT2D eigenvalue weighted by Crippen LogP contribution is -2.16. The van der Waals surface area contributed by atoms with Gasteiger partial charge in [-0.2, -0.15) is 0 Å². The third-order valence-corrected chi connectivity index (χ3v) is 3.36. The largest absolute Gasteiger partial charge is 0.388 e. The number of aliphatic hydroxyl groups is 1. The van der Waals surface area contributed by atoms with Gasteiger partial charge in [0.25, 0.3) is 0 Å². The number of ketones is 1. The van der Waals surface area contributed by atoms with E-state index in [0.717, 1.165) is 24.8 Å². The highest BCUT2D eigenvalue weighted by atomic mass is 16.3. The van der Waals surface area contributed by atoms with Crippen molar-refractivity contribution in [2.45, 2.75) is 38.2 Å². The zero-order valence-electron chi connectivity index (χ0n) is 11.1. The molecule has 2 rings (SSSR count). The Hall–Kier alpha value is -1.67. The van der Waals surface area contributed by atoms with E-state index in [0.29, 0.717) is 6.42 Å². The van der Waals surface area contributed by atoms with Crippen LogP contribution in [-0.2, 0) is 11.2 Å². The minimum Gasteiger partial charge on any atom is -0.388 e. The molecule has 19 heavy (non-hydrogen) atoms. The topological polar surface area (TPSA) is 37.3 Å². The number of aryl methyl sites for hydroxylation is 1. The van der Waals surface area contributed by atoms with Crippen LogP contribution in [0, 0.1) is 0 Å². The van der Waals surface area contributed by atoms with Crippen molar-refractivity contribution in [1.82, 2.24) is 0 Å². The monoisotopic (exact) mass is 256 g/mol. The molecular formula is C17H20O2. The SMILES string of the molecule is O=C(CCc1ccccc1)CC(O)C1=CCCC=C1. The third-order valence-electron chi connectivity index (χ3n) is 3.36. The second-order valence-electron chi connectivity index (χ2n) is 4.93. The van der Waals surface area contributed by atoms with E-state index in [1.807, 2.05) is 48.6 Å². The number of hydrogen-bond acceptors (Lipinski definition) is 2. The van der Waals surface area contributed by atoms with E-state index < -0.39 is 6.10 Å². The summed E-state index contributed by atoms with van der Waals surface area (Å²) in [6, 6.07) is 9.97. The predicted octanol–water partition coefficient (Wildman–Crippen LogP) is 3.22. The van der Waals surface area contributed by atoms with Crippen molar-refractivity contribution in [1.29, 1.82) is 0 Å². The van der Waals surface area contributed by atoms with Crippen molar-refractivity contribution in [3.05, 3.63) is 59.7 Å². The van der Waals surface area contributed by atoms with E-state index in [1.54, 1.807) is 0 Å². The van der Waals surface area contributed by atoms with Gasteiger partial charge in [0.05, 0.1) is 6.10 Å². The Kier molecular flexibility index (Phi) is 5.10. The maximum Gasteiger partial charge on any atom is 0.136 e. The van der Waals surface area contributed by atoms with Gasteiger partial charge in [0.2, 0.25) is 0 Å². The van der Waals surface area contributed by atoms with Crippen LogP contribution in [0.5, 0.6) is 0 Å². The Balaban J connectivity index is 1.78. The summed E-state index contributed by atoms with van der Waals surface area (Å²) in [6.45, 7) is 0. The number of benzene rings is 1. The molecule has 0 spiro atoms. The lowest BCUT2D eigenvalue weighted by atomic mass is 9.97. The number of hydrogen-bond donors (Lipinski definition) is 1. The van der Waals surface area contributed by atoms with Gasteiger partial charge in [0.15, 0.2) is 0 Å². The molecule has 1 aromatic carbocycles. The third kappa shape index (κ3) is 4.49. The minimum absolute atomic E-state index is 0.122. The highest BCUT2D eigenvalue weighted by Crippen LogP contribution is 2.16. The molecule has 2 heteroatoms. The molecule has 1 unspecified atom stereocenters. The van der Waals surface area contributed by atoms with Crippen molar-refractivity contribution in [3.8, 4) is 0 Å². The van der Waals surface area contributed by atoms with Gasteiger partial charge in [-0.05, 0) is 30.4 Å². The Morgan fingerprint density at radius 3 is 2.68 bits per heavy atom. The molecule has 0 aliphatic heterocycles.